The summed E-state index contributed by atoms with van der Waals surface area (Å²) in [5.74, 6) is 1.44. The van der Waals surface area contributed by atoms with Crippen molar-refractivity contribution in [3.63, 3.8) is 0 Å². The lowest BCUT2D eigenvalue weighted by Crippen LogP contribution is -2.35. The molecule has 0 spiro atoms. The number of rotatable bonds is 5. The van der Waals surface area contributed by atoms with Crippen molar-refractivity contribution in [2.24, 2.45) is 0 Å². The summed E-state index contributed by atoms with van der Waals surface area (Å²) in [4.78, 5) is 15.6. The monoisotopic (exact) mass is 387 g/mol. The number of aromatic nitrogens is 5. The van der Waals surface area contributed by atoms with E-state index in [2.05, 4.69) is 48.5 Å². The van der Waals surface area contributed by atoms with Crippen molar-refractivity contribution in [1.29, 1.82) is 0 Å². The Labute approximate surface area is 168 Å². The molecule has 0 aliphatic carbocycles. The molecule has 0 saturated carbocycles. The lowest BCUT2D eigenvalue weighted by Gasteiger charge is -2.26. The molecule has 1 aromatic carbocycles. The number of hydrogen-bond acceptors (Lipinski definition) is 7. The Morgan fingerprint density at radius 2 is 1.93 bits per heavy atom. The van der Waals surface area contributed by atoms with Crippen LogP contribution in [0.25, 0.3) is 16.9 Å². The molecule has 8 nitrogen and oxygen atoms in total. The molecule has 1 saturated heterocycles. The van der Waals surface area contributed by atoms with Gasteiger partial charge in [-0.15, -0.1) is 0 Å². The fourth-order valence-electron chi connectivity index (χ4n) is 3.49. The highest BCUT2D eigenvalue weighted by Gasteiger charge is 2.13. The predicted octanol–water partition coefficient (Wildman–Crippen LogP) is 2.79. The van der Waals surface area contributed by atoms with E-state index in [0.717, 1.165) is 55.6 Å². The minimum atomic E-state index is 0.714. The van der Waals surface area contributed by atoms with Crippen LogP contribution in [-0.4, -0.2) is 55.9 Å². The molecule has 8 heteroatoms. The number of fused-ring (bicyclic) bond motifs is 1. The van der Waals surface area contributed by atoms with Crippen molar-refractivity contribution in [2.45, 2.75) is 6.54 Å². The van der Waals surface area contributed by atoms with Crippen molar-refractivity contribution in [3.8, 4) is 5.82 Å². The Morgan fingerprint density at radius 3 is 2.79 bits per heavy atom. The van der Waals surface area contributed by atoms with Gasteiger partial charge >= 0.3 is 0 Å². The molecule has 1 N–H and O–H groups in total. The summed E-state index contributed by atoms with van der Waals surface area (Å²) in [5.41, 5.74) is 2.96. The van der Waals surface area contributed by atoms with E-state index >= 15 is 0 Å². The highest BCUT2D eigenvalue weighted by molar-refractivity contribution is 5.88. The highest BCUT2D eigenvalue weighted by Crippen LogP contribution is 2.24. The third-order valence-corrected chi connectivity index (χ3v) is 4.93. The van der Waals surface area contributed by atoms with Crippen molar-refractivity contribution in [3.05, 3.63) is 66.7 Å². The topological polar surface area (TPSA) is 81.0 Å². The van der Waals surface area contributed by atoms with E-state index in [-0.39, 0.29) is 0 Å². The van der Waals surface area contributed by atoms with Gasteiger partial charge in [0.25, 0.3) is 0 Å². The van der Waals surface area contributed by atoms with Gasteiger partial charge in [0.1, 0.15) is 12.1 Å². The maximum absolute atomic E-state index is 5.43. The van der Waals surface area contributed by atoms with Gasteiger partial charge in [-0.3, -0.25) is 4.90 Å². The SMILES string of the molecule is c1ccc(-n2ncc3c(Nc4cccc(CN5CCOCC5)c4)ncnc32)nc1. The van der Waals surface area contributed by atoms with E-state index < -0.39 is 0 Å². The minimum absolute atomic E-state index is 0.714. The standard InChI is InChI=1S/C21H21N7O/c1-2-7-22-19(6-1)28-21-18(13-25-28)20(23-15-24-21)26-17-5-3-4-16(12-17)14-27-8-10-29-11-9-27/h1-7,12-13,15H,8-11,14H2,(H,23,24,26). The van der Waals surface area contributed by atoms with Crippen LogP contribution in [0.2, 0.25) is 0 Å². The lowest BCUT2D eigenvalue weighted by molar-refractivity contribution is 0.0342. The Bertz CT molecular complexity index is 1110. The summed E-state index contributed by atoms with van der Waals surface area (Å²) in [6.45, 7) is 4.46. The summed E-state index contributed by atoms with van der Waals surface area (Å²) < 4.78 is 7.15. The quantitative estimate of drug-likeness (QED) is 0.564. The molecule has 1 aliphatic rings. The molecule has 0 radical (unpaired) electrons. The summed E-state index contributed by atoms with van der Waals surface area (Å²) in [7, 11) is 0. The fourth-order valence-corrected chi connectivity index (χ4v) is 3.49. The molecule has 146 valence electrons. The zero-order chi connectivity index (χ0) is 19.5. The van der Waals surface area contributed by atoms with Crippen LogP contribution in [0.15, 0.2) is 61.2 Å². The highest BCUT2D eigenvalue weighted by atomic mass is 16.5. The molecular formula is C21H21N7O. The third-order valence-electron chi connectivity index (χ3n) is 4.93. The smallest absolute Gasteiger partial charge is 0.170 e. The van der Waals surface area contributed by atoms with Crippen molar-refractivity contribution < 1.29 is 4.74 Å². The van der Waals surface area contributed by atoms with Gasteiger partial charge in [-0.25, -0.2) is 15.0 Å². The van der Waals surface area contributed by atoms with Crippen LogP contribution in [-0.2, 0) is 11.3 Å². The summed E-state index contributed by atoms with van der Waals surface area (Å²) in [5, 5.41) is 8.72. The Hall–Kier alpha value is -3.36. The predicted molar refractivity (Wildman–Crippen MR) is 110 cm³/mol. The van der Waals surface area contributed by atoms with Crippen LogP contribution in [0.5, 0.6) is 0 Å². The molecule has 0 amide bonds. The number of morpholine rings is 1. The summed E-state index contributed by atoms with van der Waals surface area (Å²) in [6.07, 6.45) is 5.05. The van der Waals surface area contributed by atoms with Crippen LogP contribution in [0.1, 0.15) is 5.56 Å². The second-order valence-corrected chi connectivity index (χ2v) is 6.92. The van der Waals surface area contributed by atoms with Gasteiger partial charge in [0, 0.05) is 31.5 Å². The minimum Gasteiger partial charge on any atom is -0.379 e. The number of ether oxygens (including phenoxy) is 1. The first kappa shape index (κ1) is 17.7. The van der Waals surface area contributed by atoms with Crippen LogP contribution < -0.4 is 5.32 Å². The molecular weight excluding hydrogens is 366 g/mol. The van der Waals surface area contributed by atoms with Crippen LogP contribution in [0, 0.1) is 0 Å². The largest absolute Gasteiger partial charge is 0.379 e. The Kier molecular flexibility index (Phi) is 4.85. The van der Waals surface area contributed by atoms with Crippen molar-refractivity contribution in [2.75, 3.05) is 31.6 Å². The van der Waals surface area contributed by atoms with Crippen molar-refractivity contribution in [1.82, 2.24) is 29.6 Å². The second-order valence-electron chi connectivity index (χ2n) is 6.92. The normalized spacial score (nSPS) is 14.9. The van der Waals surface area contributed by atoms with Gasteiger partial charge < -0.3 is 10.1 Å². The number of anilines is 2. The van der Waals surface area contributed by atoms with E-state index in [9.17, 15) is 0 Å². The van der Waals surface area contributed by atoms with Gasteiger partial charge in [0.2, 0.25) is 0 Å². The molecule has 0 bridgehead atoms. The van der Waals surface area contributed by atoms with E-state index in [4.69, 9.17) is 4.74 Å². The summed E-state index contributed by atoms with van der Waals surface area (Å²) in [6, 6.07) is 14.1. The summed E-state index contributed by atoms with van der Waals surface area (Å²) >= 11 is 0. The third kappa shape index (κ3) is 3.80. The average Bonchev–Trinajstić information content (AvgIpc) is 3.21. The van der Waals surface area contributed by atoms with E-state index in [0.29, 0.717) is 5.65 Å². The molecule has 3 aromatic heterocycles. The number of benzene rings is 1. The first-order valence-corrected chi connectivity index (χ1v) is 9.63. The van der Waals surface area contributed by atoms with Gasteiger partial charge in [0.05, 0.1) is 24.8 Å². The van der Waals surface area contributed by atoms with E-state index in [1.807, 2.05) is 24.3 Å². The number of nitrogens with zero attached hydrogens (tertiary/aromatic N) is 6. The van der Waals surface area contributed by atoms with Gasteiger partial charge in [0.15, 0.2) is 11.5 Å². The number of pyridine rings is 1. The first-order valence-electron chi connectivity index (χ1n) is 9.63. The molecule has 1 aliphatic heterocycles. The molecule has 4 heterocycles. The van der Waals surface area contributed by atoms with E-state index in [1.54, 1.807) is 23.4 Å². The molecule has 5 rings (SSSR count). The average molecular weight is 387 g/mol. The van der Waals surface area contributed by atoms with Gasteiger partial charge in [-0.2, -0.15) is 9.78 Å². The maximum atomic E-state index is 5.43. The zero-order valence-corrected chi connectivity index (χ0v) is 15.9. The fraction of sp³-hybridized carbons (Fsp3) is 0.238. The van der Waals surface area contributed by atoms with Crippen molar-refractivity contribution >= 4 is 22.5 Å². The Balaban J connectivity index is 1.41. The first-order chi connectivity index (χ1) is 14.4. The number of nitrogens with one attached hydrogen (secondary N) is 1. The van der Waals surface area contributed by atoms with Crippen LogP contribution >= 0.6 is 0 Å². The molecule has 29 heavy (non-hydrogen) atoms. The molecule has 0 atom stereocenters. The lowest BCUT2D eigenvalue weighted by atomic mass is 10.2. The van der Waals surface area contributed by atoms with Crippen LogP contribution in [0.3, 0.4) is 0 Å². The molecule has 4 aromatic rings. The van der Waals surface area contributed by atoms with Gasteiger partial charge in [-0.05, 0) is 29.8 Å². The Morgan fingerprint density at radius 1 is 1.00 bits per heavy atom. The second kappa shape index (κ2) is 7.94. The molecule has 0 unspecified atom stereocenters. The van der Waals surface area contributed by atoms with E-state index in [1.165, 1.54) is 5.56 Å². The van der Waals surface area contributed by atoms with Gasteiger partial charge in [-0.1, -0.05) is 18.2 Å². The van der Waals surface area contributed by atoms with Crippen LogP contribution in [0.4, 0.5) is 11.5 Å². The molecule has 1 fully saturated rings. The number of hydrogen-bond donors (Lipinski definition) is 1. The maximum Gasteiger partial charge on any atom is 0.170 e. The zero-order valence-electron chi connectivity index (χ0n) is 15.9.